The molecular weight excluding hydrogens is 228 g/mol. The second-order valence-electron chi connectivity index (χ2n) is 5.52. The summed E-state index contributed by atoms with van der Waals surface area (Å²) in [6.07, 6.45) is 1.27. The van der Waals surface area contributed by atoms with Crippen LogP contribution in [-0.2, 0) is 14.8 Å². The van der Waals surface area contributed by atoms with Gasteiger partial charge in [0, 0.05) is 5.54 Å². The third-order valence-electron chi connectivity index (χ3n) is 3.38. The first kappa shape index (κ1) is 13.4. The lowest BCUT2D eigenvalue weighted by Gasteiger charge is -2.36. The van der Waals surface area contributed by atoms with E-state index < -0.39 is 32.1 Å². The van der Waals surface area contributed by atoms with Crippen molar-refractivity contribution in [2.75, 3.05) is 0 Å². The second kappa shape index (κ2) is 3.70. The molecule has 0 bridgehead atoms. The molecule has 1 aliphatic rings. The average Bonchev–Trinajstić information content (AvgIpc) is 2.82. The molecule has 1 rings (SSSR count). The quantitative estimate of drug-likeness (QED) is 0.751. The number of nitrogens with one attached hydrogen (secondary N) is 1. The van der Waals surface area contributed by atoms with E-state index in [1.54, 1.807) is 27.7 Å². The smallest absolute Gasteiger partial charge is 0.240 e. The van der Waals surface area contributed by atoms with Crippen LogP contribution in [0.25, 0.3) is 0 Å². The monoisotopic (exact) mass is 248 g/mol. The number of carbonyl (C=O) groups excluding carboxylic acids is 1. The second-order valence-corrected chi connectivity index (χ2v) is 7.48. The fourth-order valence-corrected chi connectivity index (χ4v) is 2.45. The van der Waals surface area contributed by atoms with Crippen molar-refractivity contribution in [1.82, 2.24) is 4.72 Å². The number of nitrogens with two attached hydrogens (primary N) is 1. The summed E-state index contributed by atoms with van der Waals surface area (Å²) in [6, 6.07) is 0. The number of hydrogen-bond acceptors (Lipinski definition) is 4. The molecule has 0 atom stereocenters. The number of rotatable bonds is 4. The number of sulfonamides is 1. The highest BCUT2D eigenvalue weighted by atomic mass is 32.2. The summed E-state index contributed by atoms with van der Waals surface area (Å²) in [4.78, 5) is 11.9. The van der Waals surface area contributed by atoms with Crippen molar-refractivity contribution in [3.8, 4) is 0 Å². The normalized spacial score (nSPS) is 18.3. The van der Waals surface area contributed by atoms with Crippen molar-refractivity contribution in [2.24, 2.45) is 11.1 Å². The highest BCUT2D eigenvalue weighted by Gasteiger charge is 2.44. The van der Waals surface area contributed by atoms with Crippen LogP contribution in [-0.4, -0.2) is 25.1 Å². The summed E-state index contributed by atoms with van der Waals surface area (Å²) in [7, 11) is -3.48. The largest absolute Gasteiger partial charge is 0.325 e. The van der Waals surface area contributed by atoms with E-state index >= 15 is 0 Å². The lowest BCUT2D eigenvalue weighted by molar-refractivity contribution is -0.130. The van der Waals surface area contributed by atoms with Gasteiger partial charge in [0.2, 0.25) is 15.9 Å². The first-order valence-corrected chi connectivity index (χ1v) is 6.88. The molecule has 5 nitrogen and oxygen atoms in total. The van der Waals surface area contributed by atoms with Crippen molar-refractivity contribution < 1.29 is 13.2 Å². The van der Waals surface area contributed by atoms with Crippen molar-refractivity contribution in [3.63, 3.8) is 0 Å². The van der Waals surface area contributed by atoms with Crippen LogP contribution in [0.4, 0.5) is 0 Å². The van der Waals surface area contributed by atoms with E-state index in [1.165, 1.54) is 0 Å². The maximum absolute atomic E-state index is 11.9. The van der Waals surface area contributed by atoms with Crippen LogP contribution in [0.3, 0.4) is 0 Å². The minimum absolute atomic E-state index is 0.395. The van der Waals surface area contributed by atoms with Gasteiger partial charge in [-0.3, -0.25) is 9.52 Å². The third kappa shape index (κ3) is 2.55. The minimum atomic E-state index is -3.48. The molecule has 0 radical (unpaired) electrons. The predicted molar refractivity (Wildman–Crippen MR) is 62.1 cm³/mol. The maximum atomic E-state index is 11.9. The van der Waals surface area contributed by atoms with Crippen LogP contribution in [0.15, 0.2) is 0 Å². The van der Waals surface area contributed by atoms with Crippen LogP contribution in [0.2, 0.25) is 0 Å². The highest BCUT2D eigenvalue weighted by Crippen LogP contribution is 2.31. The maximum Gasteiger partial charge on any atom is 0.240 e. The van der Waals surface area contributed by atoms with Crippen molar-refractivity contribution >= 4 is 15.9 Å². The van der Waals surface area contributed by atoms with Crippen LogP contribution < -0.4 is 10.5 Å². The summed E-state index contributed by atoms with van der Waals surface area (Å²) in [5, 5.41) is -0.395. The Morgan fingerprint density at radius 2 is 1.69 bits per heavy atom. The molecule has 94 valence electrons. The van der Waals surface area contributed by atoms with E-state index in [4.69, 9.17) is 5.73 Å². The van der Waals surface area contributed by atoms with Crippen LogP contribution >= 0.6 is 0 Å². The molecule has 0 aromatic heterocycles. The van der Waals surface area contributed by atoms with Gasteiger partial charge < -0.3 is 5.73 Å². The fraction of sp³-hybridized carbons (Fsp3) is 0.900. The summed E-state index contributed by atoms with van der Waals surface area (Å²) < 4.78 is 25.3. The number of carbonyl (C=O) groups is 1. The molecule has 0 aromatic carbocycles. The molecule has 16 heavy (non-hydrogen) atoms. The van der Waals surface area contributed by atoms with E-state index in [0.717, 1.165) is 0 Å². The molecule has 0 spiro atoms. The molecule has 0 aromatic rings. The lowest BCUT2D eigenvalue weighted by Crippen LogP contribution is -2.56. The van der Waals surface area contributed by atoms with Gasteiger partial charge in [-0.25, -0.2) is 8.42 Å². The molecule has 1 amide bonds. The number of amides is 1. The highest BCUT2D eigenvalue weighted by molar-refractivity contribution is 7.90. The van der Waals surface area contributed by atoms with Gasteiger partial charge in [-0.15, -0.1) is 0 Å². The zero-order valence-electron chi connectivity index (χ0n) is 10.2. The first-order chi connectivity index (χ1) is 6.98. The Morgan fingerprint density at radius 1 is 1.25 bits per heavy atom. The molecule has 0 unspecified atom stereocenters. The molecule has 3 N–H and O–H groups in total. The van der Waals surface area contributed by atoms with Gasteiger partial charge in [0.15, 0.2) is 0 Å². The van der Waals surface area contributed by atoms with E-state index in [2.05, 4.69) is 4.72 Å². The third-order valence-corrected chi connectivity index (χ3v) is 5.20. The zero-order valence-corrected chi connectivity index (χ0v) is 11.0. The van der Waals surface area contributed by atoms with Gasteiger partial charge in [0.25, 0.3) is 0 Å². The minimum Gasteiger partial charge on any atom is -0.325 e. The Balaban J connectivity index is 2.80. The molecule has 1 fully saturated rings. The fourth-order valence-electron chi connectivity index (χ4n) is 1.01. The summed E-state index contributed by atoms with van der Waals surface area (Å²) in [5.74, 6) is -0.535. The molecule has 0 saturated heterocycles. The van der Waals surface area contributed by atoms with Gasteiger partial charge in [0.05, 0.1) is 10.7 Å². The molecule has 6 heteroatoms. The Labute approximate surface area is 96.8 Å². The van der Waals surface area contributed by atoms with Crippen LogP contribution in [0, 0.1) is 5.41 Å². The molecule has 0 aliphatic heterocycles. The van der Waals surface area contributed by atoms with Gasteiger partial charge in [0.1, 0.15) is 0 Å². The SMILES string of the molecule is CC(C)(N)C(C)(C)C(=O)NS(=O)(=O)C1CC1. The Kier molecular flexibility index (Phi) is 3.11. The zero-order chi connectivity index (χ0) is 12.8. The van der Waals surface area contributed by atoms with Gasteiger partial charge in [-0.2, -0.15) is 0 Å². The van der Waals surface area contributed by atoms with Crippen LogP contribution in [0.1, 0.15) is 40.5 Å². The van der Waals surface area contributed by atoms with Gasteiger partial charge in [-0.05, 0) is 40.5 Å². The predicted octanol–water partition coefficient (Wildman–Crippen LogP) is 0.358. The molecule has 0 heterocycles. The lowest BCUT2D eigenvalue weighted by atomic mass is 9.75. The Morgan fingerprint density at radius 3 is 2.00 bits per heavy atom. The van der Waals surface area contributed by atoms with Crippen LogP contribution in [0.5, 0.6) is 0 Å². The van der Waals surface area contributed by atoms with Gasteiger partial charge in [-0.1, -0.05) is 0 Å². The molecule has 1 aliphatic carbocycles. The number of hydrogen-bond donors (Lipinski definition) is 2. The van der Waals surface area contributed by atoms with Crippen molar-refractivity contribution in [1.29, 1.82) is 0 Å². The first-order valence-electron chi connectivity index (χ1n) is 5.33. The van der Waals surface area contributed by atoms with E-state index in [9.17, 15) is 13.2 Å². The Bertz CT molecular complexity index is 389. The Hall–Kier alpha value is -0.620. The summed E-state index contributed by atoms with van der Waals surface area (Å²) in [6.45, 7) is 6.70. The van der Waals surface area contributed by atoms with Crippen molar-refractivity contribution in [2.45, 2.75) is 51.3 Å². The molecule has 1 saturated carbocycles. The molecular formula is C10H20N2O3S. The van der Waals surface area contributed by atoms with E-state index in [0.29, 0.717) is 12.8 Å². The average molecular weight is 248 g/mol. The standard InChI is InChI=1S/C10H20N2O3S/c1-9(2,10(3,4)11)8(13)12-16(14,15)7-5-6-7/h7H,5-6,11H2,1-4H3,(H,12,13). The summed E-state index contributed by atoms with van der Waals surface area (Å²) in [5.41, 5.74) is 4.15. The topological polar surface area (TPSA) is 89.3 Å². The van der Waals surface area contributed by atoms with Gasteiger partial charge >= 0.3 is 0 Å². The van der Waals surface area contributed by atoms with Crippen molar-refractivity contribution in [3.05, 3.63) is 0 Å². The summed E-state index contributed by atoms with van der Waals surface area (Å²) >= 11 is 0. The van der Waals surface area contributed by atoms with E-state index in [-0.39, 0.29) is 0 Å². The van der Waals surface area contributed by atoms with E-state index in [1.807, 2.05) is 0 Å².